The zero-order valence-corrected chi connectivity index (χ0v) is 12.2. The lowest BCUT2D eigenvalue weighted by molar-refractivity contribution is -0.120. The molecule has 5 heteroatoms. The molecule has 1 aliphatic carbocycles. The molecule has 0 aromatic heterocycles. The summed E-state index contributed by atoms with van der Waals surface area (Å²) >= 11 is 1.20. The SMILES string of the molecule is CC(=O)N[C@@H]1CC[C@@H](SC(=O)c2ccccc2)[C@H](O)C1. The first-order chi connectivity index (χ1) is 9.56. The predicted octanol–water partition coefficient (Wildman–Crippen LogP) is 1.98. The molecule has 0 heterocycles. The average molecular weight is 293 g/mol. The summed E-state index contributed by atoms with van der Waals surface area (Å²) in [5.74, 6) is -0.0753. The van der Waals surface area contributed by atoms with Crippen molar-refractivity contribution < 1.29 is 14.7 Å². The molecule has 2 N–H and O–H groups in total. The summed E-state index contributed by atoms with van der Waals surface area (Å²) in [6.07, 6.45) is 1.49. The van der Waals surface area contributed by atoms with Gasteiger partial charge in [-0.15, -0.1) is 0 Å². The number of nitrogens with one attached hydrogen (secondary N) is 1. The van der Waals surface area contributed by atoms with Gasteiger partial charge in [0.15, 0.2) is 0 Å². The van der Waals surface area contributed by atoms with Crippen LogP contribution in [0.1, 0.15) is 36.5 Å². The van der Waals surface area contributed by atoms with Gasteiger partial charge in [0.25, 0.3) is 0 Å². The van der Waals surface area contributed by atoms with Crippen LogP contribution in [0.2, 0.25) is 0 Å². The molecule has 0 saturated heterocycles. The Labute approximate surface area is 123 Å². The van der Waals surface area contributed by atoms with Gasteiger partial charge in [-0.1, -0.05) is 42.1 Å². The van der Waals surface area contributed by atoms with Gasteiger partial charge >= 0.3 is 0 Å². The Kier molecular flexibility index (Phi) is 5.20. The Balaban J connectivity index is 1.89. The van der Waals surface area contributed by atoms with Crippen LogP contribution >= 0.6 is 11.8 Å². The number of aliphatic hydroxyl groups is 1. The number of benzene rings is 1. The fourth-order valence-corrected chi connectivity index (χ4v) is 3.52. The summed E-state index contributed by atoms with van der Waals surface area (Å²) in [7, 11) is 0. The van der Waals surface area contributed by atoms with E-state index in [1.165, 1.54) is 18.7 Å². The van der Waals surface area contributed by atoms with Crippen molar-refractivity contribution in [1.82, 2.24) is 5.32 Å². The third-order valence-electron chi connectivity index (χ3n) is 3.43. The molecular formula is C15H19NO3S. The maximum atomic E-state index is 12.1. The number of hydrogen-bond donors (Lipinski definition) is 2. The highest BCUT2D eigenvalue weighted by atomic mass is 32.2. The Bertz CT molecular complexity index is 477. The van der Waals surface area contributed by atoms with Crippen molar-refractivity contribution >= 4 is 22.8 Å². The van der Waals surface area contributed by atoms with E-state index in [0.717, 1.165) is 12.8 Å². The van der Waals surface area contributed by atoms with Crippen molar-refractivity contribution in [1.29, 1.82) is 0 Å². The number of rotatable bonds is 3. The number of amides is 1. The highest BCUT2D eigenvalue weighted by Crippen LogP contribution is 2.31. The third kappa shape index (κ3) is 4.08. The molecule has 3 atom stereocenters. The zero-order valence-electron chi connectivity index (χ0n) is 11.4. The second kappa shape index (κ2) is 6.90. The molecule has 1 fully saturated rings. The van der Waals surface area contributed by atoms with E-state index < -0.39 is 6.10 Å². The summed E-state index contributed by atoms with van der Waals surface area (Å²) in [4.78, 5) is 23.1. The van der Waals surface area contributed by atoms with Crippen LogP contribution < -0.4 is 5.32 Å². The average Bonchev–Trinajstić information content (AvgIpc) is 2.42. The Morgan fingerprint density at radius 3 is 2.55 bits per heavy atom. The van der Waals surface area contributed by atoms with Gasteiger partial charge in [0.1, 0.15) is 0 Å². The first-order valence-electron chi connectivity index (χ1n) is 6.77. The second-order valence-corrected chi connectivity index (χ2v) is 6.30. The standard InChI is InChI=1S/C15H19NO3S/c1-10(17)16-12-7-8-14(13(18)9-12)20-15(19)11-5-3-2-4-6-11/h2-6,12-14,18H,7-9H2,1H3,(H,16,17)/t12-,13-,14-/m1/s1. The molecule has 20 heavy (non-hydrogen) atoms. The van der Waals surface area contributed by atoms with E-state index in [4.69, 9.17) is 0 Å². The highest BCUT2D eigenvalue weighted by molar-refractivity contribution is 8.14. The number of thioether (sulfide) groups is 1. The Morgan fingerprint density at radius 1 is 1.25 bits per heavy atom. The molecule has 1 aromatic carbocycles. The van der Waals surface area contributed by atoms with E-state index in [1.807, 2.05) is 18.2 Å². The fourth-order valence-electron chi connectivity index (χ4n) is 2.45. The van der Waals surface area contributed by atoms with Crippen LogP contribution in [0.25, 0.3) is 0 Å². The molecule has 1 saturated carbocycles. The maximum absolute atomic E-state index is 12.1. The Hall–Kier alpha value is -1.33. The third-order valence-corrected chi connectivity index (χ3v) is 4.73. The van der Waals surface area contributed by atoms with Crippen molar-refractivity contribution in [2.45, 2.75) is 43.6 Å². The number of hydrogen-bond acceptors (Lipinski definition) is 4. The minimum atomic E-state index is -0.557. The number of carbonyl (C=O) groups is 2. The molecule has 4 nitrogen and oxygen atoms in total. The van der Waals surface area contributed by atoms with Gasteiger partial charge in [-0.2, -0.15) is 0 Å². The van der Waals surface area contributed by atoms with Gasteiger partial charge in [0.05, 0.1) is 6.10 Å². The van der Waals surface area contributed by atoms with Crippen LogP contribution in [-0.2, 0) is 4.79 Å². The molecule has 0 spiro atoms. The van der Waals surface area contributed by atoms with Crippen LogP contribution in [0.5, 0.6) is 0 Å². The minimum Gasteiger partial charge on any atom is -0.392 e. The molecule has 0 radical (unpaired) electrons. The first kappa shape index (κ1) is 15.1. The van der Waals surface area contributed by atoms with Gasteiger partial charge < -0.3 is 10.4 Å². The van der Waals surface area contributed by atoms with E-state index in [-0.39, 0.29) is 22.3 Å². The van der Waals surface area contributed by atoms with E-state index in [9.17, 15) is 14.7 Å². The summed E-state index contributed by atoms with van der Waals surface area (Å²) in [5.41, 5.74) is 0.661. The molecule has 1 aliphatic rings. The van der Waals surface area contributed by atoms with Crippen molar-refractivity contribution in [2.24, 2.45) is 0 Å². The van der Waals surface area contributed by atoms with Gasteiger partial charge in [-0.3, -0.25) is 9.59 Å². The Morgan fingerprint density at radius 2 is 1.95 bits per heavy atom. The summed E-state index contributed by atoms with van der Waals surface area (Å²) in [6.45, 7) is 1.48. The molecule has 1 amide bonds. The van der Waals surface area contributed by atoms with Crippen molar-refractivity contribution in [3.63, 3.8) is 0 Å². The fraction of sp³-hybridized carbons (Fsp3) is 0.467. The van der Waals surface area contributed by atoms with Gasteiger partial charge in [-0.25, -0.2) is 0 Å². The molecule has 0 bridgehead atoms. The minimum absolute atomic E-state index is 0.00683. The summed E-state index contributed by atoms with van der Waals surface area (Å²) < 4.78 is 0. The molecule has 1 aromatic rings. The van der Waals surface area contributed by atoms with Crippen molar-refractivity contribution in [2.75, 3.05) is 0 Å². The van der Waals surface area contributed by atoms with Crippen LogP contribution in [-0.4, -0.2) is 33.5 Å². The lowest BCUT2D eigenvalue weighted by Crippen LogP contribution is -2.43. The zero-order chi connectivity index (χ0) is 14.5. The van der Waals surface area contributed by atoms with Crippen LogP contribution in [0.3, 0.4) is 0 Å². The largest absolute Gasteiger partial charge is 0.392 e. The van der Waals surface area contributed by atoms with Gasteiger partial charge in [0, 0.05) is 23.8 Å². The lowest BCUT2D eigenvalue weighted by Gasteiger charge is -2.32. The monoisotopic (exact) mass is 293 g/mol. The quantitative estimate of drug-likeness (QED) is 0.894. The molecule has 0 aliphatic heterocycles. The summed E-state index contributed by atoms with van der Waals surface area (Å²) in [5, 5.41) is 12.9. The van der Waals surface area contributed by atoms with Crippen molar-refractivity contribution in [3.8, 4) is 0 Å². The van der Waals surface area contributed by atoms with E-state index in [2.05, 4.69) is 5.32 Å². The van der Waals surface area contributed by atoms with Gasteiger partial charge in [0.2, 0.25) is 11.0 Å². The second-order valence-electron chi connectivity index (χ2n) is 5.09. The first-order valence-corrected chi connectivity index (χ1v) is 7.65. The van der Waals surface area contributed by atoms with Crippen LogP contribution in [0, 0.1) is 0 Å². The van der Waals surface area contributed by atoms with Gasteiger partial charge in [-0.05, 0) is 19.3 Å². The van der Waals surface area contributed by atoms with Crippen LogP contribution in [0.15, 0.2) is 30.3 Å². The van der Waals surface area contributed by atoms with Crippen LogP contribution in [0.4, 0.5) is 0 Å². The molecule has 108 valence electrons. The van der Waals surface area contributed by atoms with E-state index in [0.29, 0.717) is 12.0 Å². The maximum Gasteiger partial charge on any atom is 0.219 e. The smallest absolute Gasteiger partial charge is 0.219 e. The molecule has 0 unspecified atom stereocenters. The van der Waals surface area contributed by atoms with E-state index >= 15 is 0 Å². The topological polar surface area (TPSA) is 66.4 Å². The summed E-state index contributed by atoms with van der Waals surface area (Å²) in [6, 6.07) is 9.12. The number of aliphatic hydroxyl groups excluding tert-OH is 1. The van der Waals surface area contributed by atoms with E-state index in [1.54, 1.807) is 12.1 Å². The normalized spacial score (nSPS) is 26.0. The number of carbonyl (C=O) groups excluding carboxylic acids is 2. The van der Waals surface area contributed by atoms with Crippen molar-refractivity contribution in [3.05, 3.63) is 35.9 Å². The predicted molar refractivity (Wildman–Crippen MR) is 79.6 cm³/mol. The molecular weight excluding hydrogens is 274 g/mol. The molecule has 2 rings (SSSR count). The lowest BCUT2D eigenvalue weighted by atomic mass is 9.92. The highest BCUT2D eigenvalue weighted by Gasteiger charge is 2.31.